The van der Waals surface area contributed by atoms with E-state index in [9.17, 15) is 52.7 Å². The molecule has 9 rings (SSSR count). The average molecular weight is 1110 g/mol. The Labute approximate surface area is 418 Å². The van der Waals surface area contributed by atoms with Gasteiger partial charge < -0.3 is 0 Å². The van der Waals surface area contributed by atoms with Crippen molar-refractivity contribution < 1.29 is 73.5 Å². The van der Waals surface area contributed by atoms with Gasteiger partial charge in [0.05, 0.1) is 31.8 Å². The standard InChI is InChI=1S/2C21H17F6.C12H7Si.2ClH.Zr/c2*1-3-12-7-14-6-5-13(4-2)19(18(14)8-12)15-9-16(20(22,23)24)11-17(10-15)21(25,26)27;1-3-7-11-9(5-1)10-6-2-4-8-12(10)13-11;;;/h2*5-11H,3-4H2,1-2H3;1-7H;2*1H;/q3*-1;;;+2/p-2. The zero-order valence-electron chi connectivity index (χ0n) is 37.7. The number of fused-ring (bicyclic) bond motifs is 5. The zero-order valence-corrected chi connectivity index (χ0v) is 42.7. The van der Waals surface area contributed by atoms with Gasteiger partial charge in [0.15, 0.2) is 0 Å². The van der Waals surface area contributed by atoms with E-state index in [0.717, 1.165) is 68.5 Å². The van der Waals surface area contributed by atoms with Crippen molar-refractivity contribution in [3.63, 3.8) is 0 Å². The maximum absolute atomic E-state index is 13.2. The van der Waals surface area contributed by atoms with Crippen molar-refractivity contribution >= 4 is 58.5 Å². The predicted octanol–water partition coefficient (Wildman–Crippen LogP) is 17.3. The first kappa shape index (κ1) is 54.7. The Bertz CT molecular complexity index is 2810. The molecule has 0 aromatic heterocycles. The normalized spacial score (nSPS) is 12.3. The molecule has 2 radical (unpaired) electrons. The molecule has 0 saturated carbocycles. The van der Waals surface area contributed by atoms with E-state index in [1.807, 2.05) is 70.2 Å². The van der Waals surface area contributed by atoms with E-state index in [2.05, 4.69) is 42.5 Å². The fraction of sp³-hybridized carbons (Fsp3) is 0.222. The Morgan fingerprint density at radius 3 is 1.24 bits per heavy atom. The van der Waals surface area contributed by atoms with Gasteiger partial charge in [0.1, 0.15) is 0 Å². The van der Waals surface area contributed by atoms with E-state index >= 15 is 0 Å². The quantitative estimate of drug-likeness (QED) is 0.0884. The van der Waals surface area contributed by atoms with Gasteiger partial charge in [0, 0.05) is 0 Å². The van der Waals surface area contributed by atoms with Gasteiger partial charge in [0.2, 0.25) is 0 Å². The number of hydrogen-bond acceptors (Lipinski definition) is 0. The minimum absolute atomic E-state index is 0.0622. The van der Waals surface area contributed by atoms with Crippen molar-refractivity contribution in [2.75, 3.05) is 0 Å². The van der Waals surface area contributed by atoms with Gasteiger partial charge in [-0.05, 0) is 73.2 Å². The Morgan fingerprint density at radius 2 is 0.871 bits per heavy atom. The van der Waals surface area contributed by atoms with Crippen LogP contribution in [0.3, 0.4) is 0 Å². The van der Waals surface area contributed by atoms with E-state index in [1.165, 1.54) is 21.5 Å². The van der Waals surface area contributed by atoms with Gasteiger partial charge in [-0.15, -0.1) is 74.6 Å². The number of halogens is 14. The molecule has 0 atom stereocenters. The molecule has 0 saturated heterocycles. The Morgan fingerprint density at radius 1 is 0.486 bits per heavy atom. The molecule has 0 spiro atoms. The smallest absolute Gasteiger partial charge is 0.0920 e. The molecule has 1 heterocycles. The zero-order chi connectivity index (χ0) is 51.3. The van der Waals surface area contributed by atoms with Crippen LogP contribution in [0.4, 0.5) is 52.7 Å². The van der Waals surface area contributed by atoms with Crippen LogP contribution in [-0.4, -0.2) is 9.52 Å². The summed E-state index contributed by atoms with van der Waals surface area (Å²) in [5, 5.41) is 5.80. The third-order valence-electron chi connectivity index (χ3n) is 11.7. The third-order valence-corrected chi connectivity index (χ3v) is 13.1. The van der Waals surface area contributed by atoms with E-state index in [-0.39, 0.29) is 23.3 Å². The third kappa shape index (κ3) is 12.7. The van der Waals surface area contributed by atoms with Crippen LogP contribution < -0.4 is 10.4 Å². The molecule has 70 heavy (non-hydrogen) atoms. The summed E-state index contributed by atoms with van der Waals surface area (Å²) in [4.78, 5) is 0. The predicted molar refractivity (Wildman–Crippen MR) is 255 cm³/mol. The fourth-order valence-electron chi connectivity index (χ4n) is 8.38. The minimum atomic E-state index is -4.86. The Kier molecular flexibility index (Phi) is 17.5. The van der Waals surface area contributed by atoms with Crippen LogP contribution >= 0.6 is 17.0 Å². The van der Waals surface area contributed by atoms with Gasteiger partial charge in [-0.25, -0.2) is 0 Å². The maximum Gasteiger partial charge on any atom is 0.0920 e. The van der Waals surface area contributed by atoms with E-state index in [1.54, 1.807) is 12.1 Å². The van der Waals surface area contributed by atoms with Crippen molar-refractivity contribution in [3.05, 3.63) is 178 Å². The van der Waals surface area contributed by atoms with Crippen LogP contribution in [0.25, 0.3) is 54.9 Å². The molecule has 366 valence electrons. The van der Waals surface area contributed by atoms with Gasteiger partial charge in [-0.2, -0.15) is 94.3 Å². The van der Waals surface area contributed by atoms with Crippen molar-refractivity contribution in [2.45, 2.75) is 78.1 Å². The minimum Gasteiger partial charge on any atom is -0.184 e. The van der Waals surface area contributed by atoms with Crippen LogP contribution in [0.15, 0.2) is 127 Å². The van der Waals surface area contributed by atoms with E-state index < -0.39 is 67.8 Å². The number of hydrogen-bond donors (Lipinski definition) is 0. The van der Waals surface area contributed by atoms with Crippen LogP contribution in [0.2, 0.25) is 0 Å². The molecule has 0 aliphatic carbocycles. The molecule has 1 aliphatic heterocycles. The second kappa shape index (κ2) is 22.4. The number of benzene rings is 6. The molecular formula is C54H41Cl2F12SiZr-3. The van der Waals surface area contributed by atoms with Gasteiger partial charge in [-0.1, -0.05) is 85.0 Å². The fourth-order valence-corrected chi connectivity index (χ4v) is 9.69. The molecule has 8 aromatic carbocycles. The van der Waals surface area contributed by atoms with Gasteiger partial charge in [-0.3, -0.25) is 0 Å². The molecule has 0 bridgehead atoms. The second-order valence-corrected chi connectivity index (χ2v) is 21.2. The number of alkyl halides is 12. The molecule has 0 amide bonds. The van der Waals surface area contributed by atoms with Crippen molar-refractivity contribution in [1.82, 2.24) is 0 Å². The van der Waals surface area contributed by atoms with Crippen LogP contribution in [-0.2, 0) is 71.2 Å². The summed E-state index contributed by atoms with van der Waals surface area (Å²) in [5.74, 6) is 0. The maximum atomic E-state index is 13.2. The summed E-state index contributed by atoms with van der Waals surface area (Å²) in [6, 6.07) is 36.5. The van der Waals surface area contributed by atoms with Crippen molar-refractivity contribution in [3.8, 4) is 33.4 Å². The first-order chi connectivity index (χ1) is 32.9. The summed E-state index contributed by atoms with van der Waals surface area (Å²) >= 11 is -0.826. The summed E-state index contributed by atoms with van der Waals surface area (Å²) in [6.45, 7) is 7.54. The second-order valence-electron chi connectivity index (χ2n) is 16.1. The van der Waals surface area contributed by atoms with Crippen molar-refractivity contribution in [2.24, 2.45) is 0 Å². The van der Waals surface area contributed by atoms with E-state index in [4.69, 9.17) is 17.0 Å². The van der Waals surface area contributed by atoms with Crippen LogP contribution in [0.1, 0.15) is 72.2 Å². The molecule has 0 fully saturated rings. The Hall–Kier alpha value is -4.62. The summed E-state index contributed by atoms with van der Waals surface area (Å²) in [6.07, 6.45) is -17.0. The van der Waals surface area contributed by atoms with Gasteiger partial charge in [0.25, 0.3) is 0 Å². The van der Waals surface area contributed by atoms with Crippen LogP contribution in [0, 0.1) is 6.07 Å². The molecule has 1 aliphatic rings. The largest absolute Gasteiger partial charge is 0.184 e. The van der Waals surface area contributed by atoms with E-state index in [0.29, 0.717) is 45.9 Å². The molecule has 0 unspecified atom stereocenters. The molecular weight excluding hydrogens is 1070 g/mol. The first-order valence-corrected chi connectivity index (χ1v) is 29.1. The van der Waals surface area contributed by atoms with Crippen LogP contribution in [0.5, 0.6) is 0 Å². The first-order valence-electron chi connectivity index (χ1n) is 21.8. The summed E-state index contributed by atoms with van der Waals surface area (Å²) in [7, 11) is 10.7. The molecule has 8 aromatic rings. The van der Waals surface area contributed by atoms with Crippen molar-refractivity contribution in [1.29, 1.82) is 0 Å². The topological polar surface area (TPSA) is 0 Å². The number of aryl methyl sites for hydroxylation is 4. The molecule has 16 heteroatoms. The Balaban J connectivity index is 0.000000176. The monoisotopic (exact) mass is 1110 g/mol. The SMILES string of the molecule is CCc1cc2c(-c3cc(C(F)(F)F)cc(C(F)(F)F)c3)c(CC)ccc2[cH-]1.CCc1cc2c(-c3cc(C(F)(F)F)cc(C(F)(F)F)c3)c(CC)ccc2[cH-]1.[Cl][Zr][Cl].[c-]1cccc2c1[Si]c1ccccc1-2. The molecule has 0 nitrogen and oxygen atoms in total. The molecule has 0 N–H and O–H groups in total. The summed E-state index contributed by atoms with van der Waals surface area (Å²) < 4.78 is 159. The summed E-state index contributed by atoms with van der Waals surface area (Å²) in [5.41, 5.74) is 1.73. The van der Waals surface area contributed by atoms with Gasteiger partial charge >= 0.3 is 62.6 Å². The average Bonchev–Trinajstić information content (AvgIpc) is 4.05. The number of rotatable bonds is 6.